The summed E-state index contributed by atoms with van der Waals surface area (Å²) in [5, 5.41) is 5.97. The second-order valence-electron chi connectivity index (χ2n) is 4.95. The van der Waals surface area contributed by atoms with E-state index in [9.17, 15) is 4.79 Å². The lowest BCUT2D eigenvalue weighted by atomic mass is 10.2. The molecule has 0 saturated heterocycles. The number of carbonyl (C=O) groups excluding carboxylic acids is 1. The number of hydrogen-bond acceptors (Lipinski definition) is 4. The van der Waals surface area contributed by atoms with E-state index >= 15 is 0 Å². The zero-order valence-electron chi connectivity index (χ0n) is 12.2. The maximum Gasteiger partial charge on any atom is 0.239 e. The van der Waals surface area contributed by atoms with Gasteiger partial charge in [0.1, 0.15) is 0 Å². The highest BCUT2D eigenvalue weighted by molar-refractivity contribution is 5.80. The quantitative estimate of drug-likeness (QED) is 0.766. The number of rotatable bonds is 7. The van der Waals surface area contributed by atoms with Gasteiger partial charge >= 0.3 is 0 Å². The van der Waals surface area contributed by atoms with Crippen molar-refractivity contribution in [3.8, 4) is 0 Å². The average Bonchev–Trinajstić information content (AvgIpc) is 2.36. The smallest absolute Gasteiger partial charge is 0.239 e. The largest absolute Gasteiger partial charge is 0.378 e. The number of anilines is 2. The van der Waals surface area contributed by atoms with Gasteiger partial charge in [0, 0.05) is 38.6 Å². The predicted molar refractivity (Wildman–Crippen MR) is 80.8 cm³/mol. The molecule has 1 rings (SSSR count). The monoisotopic (exact) mass is 264 g/mol. The Kier molecular flexibility index (Phi) is 6.15. The second-order valence-corrected chi connectivity index (χ2v) is 4.95. The summed E-state index contributed by atoms with van der Waals surface area (Å²) >= 11 is 0. The van der Waals surface area contributed by atoms with Crippen molar-refractivity contribution in [1.29, 1.82) is 0 Å². The van der Waals surface area contributed by atoms with Crippen LogP contribution in [0, 0.1) is 0 Å². The van der Waals surface area contributed by atoms with Crippen molar-refractivity contribution in [1.82, 2.24) is 10.2 Å². The number of amides is 1. The third kappa shape index (κ3) is 6.10. The Labute approximate surface area is 115 Å². The molecule has 0 atom stereocenters. The van der Waals surface area contributed by atoms with Crippen LogP contribution in [0.25, 0.3) is 0 Å². The van der Waals surface area contributed by atoms with Crippen molar-refractivity contribution < 1.29 is 4.79 Å². The van der Waals surface area contributed by atoms with E-state index in [1.54, 1.807) is 0 Å². The highest BCUT2D eigenvalue weighted by Gasteiger charge is 2.01. The van der Waals surface area contributed by atoms with E-state index in [4.69, 9.17) is 0 Å². The fourth-order valence-electron chi connectivity index (χ4n) is 1.54. The molecule has 0 radical (unpaired) electrons. The van der Waals surface area contributed by atoms with Crippen LogP contribution in [0.4, 0.5) is 11.4 Å². The molecule has 0 aliphatic heterocycles. The van der Waals surface area contributed by atoms with E-state index < -0.39 is 0 Å². The summed E-state index contributed by atoms with van der Waals surface area (Å²) < 4.78 is 0. The Morgan fingerprint density at radius 1 is 1.11 bits per heavy atom. The molecule has 0 saturated carbocycles. The fraction of sp³-hybridized carbons (Fsp3) is 0.500. The van der Waals surface area contributed by atoms with Crippen LogP contribution in [-0.4, -0.2) is 58.6 Å². The molecule has 19 heavy (non-hydrogen) atoms. The first-order valence-corrected chi connectivity index (χ1v) is 6.41. The van der Waals surface area contributed by atoms with Crippen molar-refractivity contribution in [3.05, 3.63) is 24.3 Å². The van der Waals surface area contributed by atoms with Gasteiger partial charge < -0.3 is 20.4 Å². The molecule has 0 aliphatic carbocycles. The Morgan fingerprint density at radius 3 is 2.26 bits per heavy atom. The van der Waals surface area contributed by atoms with Gasteiger partial charge in [-0.15, -0.1) is 0 Å². The van der Waals surface area contributed by atoms with Gasteiger partial charge in [-0.25, -0.2) is 0 Å². The first-order chi connectivity index (χ1) is 8.99. The highest BCUT2D eigenvalue weighted by Crippen LogP contribution is 2.15. The second kappa shape index (κ2) is 7.63. The van der Waals surface area contributed by atoms with Gasteiger partial charge in [-0.3, -0.25) is 4.79 Å². The standard InChI is InChI=1S/C14H24N4O/c1-17(2)10-9-15-14(19)11-16-12-5-7-13(8-6-12)18(3)4/h5-8,16H,9-11H2,1-4H3,(H,15,19). The maximum absolute atomic E-state index is 11.6. The van der Waals surface area contributed by atoms with Gasteiger partial charge in [0.15, 0.2) is 0 Å². The fourth-order valence-corrected chi connectivity index (χ4v) is 1.54. The number of nitrogens with zero attached hydrogens (tertiary/aromatic N) is 2. The van der Waals surface area contributed by atoms with Crippen molar-refractivity contribution in [2.24, 2.45) is 0 Å². The van der Waals surface area contributed by atoms with Crippen LogP contribution in [0.15, 0.2) is 24.3 Å². The van der Waals surface area contributed by atoms with Crippen LogP contribution in [0.1, 0.15) is 0 Å². The van der Waals surface area contributed by atoms with Crippen molar-refractivity contribution in [2.45, 2.75) is 0 Å². The van der Waals surface area contributed by atoms with Crippen LogP contribution in [0.3, 0.4) is 0 Å². The molecule has 1 aromatic rings. The lowest BCUT2D eigenvalue weighted by Crippen LogP contribution is -2.34. The summed E-state index contributed by atoms with van der Waals surface area (Å²) in [7, 11) is 7.97. The molecule has 0 aromatic heterocycles. The first kappa shape index (κ1) is 15.3. The summed E-state index contributed by atoms with van der Waals surface area (Å²) in [5.41, 5.74) is 2.09. The molecule has 5 heteroatoms. The molecule has 0 spiro atoms. The zero-order valence-corrected chi connectivity index (χ0v) is 12.2. The van der Waals surface area contributed by atoms with E-state index in [-0.39, 0.29) is 5.91 Å². The SMILES string of the molecule is CN(C)CCNC(=O)CNc1ccc(N(C)C)cc1. The minimum Gasteiger partial charge on any atom is -0.378 e. The summed E-state index contributed by atoms with van der Waals surface area (Å²) in [6, 6.07) is 7.99. The Balaban J connectivity index is 2.30. The number of carbonyl (C=O) groups is 1. The molecular weight excluding hydrogens is 240 g/mol. The van der Waals surface area contributed by atoms with Crippen molar-refractivity contribution >= 4 is 17.3 Å². The Bertz CT molecular complexity index is 387. The Morgan fingerprint density at radius 2 is 1.74 bits per heavy atom. The zero-order chi connectivity index (χ0) is 14.3. The molecule has 0 heterocycles. The van der Waals surface area contributed by atoms with Crippen LogP contribution < -0.4 is 15.5 Å². The van der Waals surface area contributed by atoms with Gasteiger partial charge in [0.2, 0.25) is 5.91 Å². The minimum atomic E-state index is 0.0125. The molecule has 1 amide bonds. The predicted octanol–water partition coefficient (Wildman–Crippen LogP) is 0.842. The van der Waals surface area contributed by atoms with Crippen LogP contribution >= 0.6 is 0 Å². The molecule has 2 N–H and O–H groups in total. The molecule has 0 aliphatic rings. The molecular formula is C14H24N4O. The number of benzene rings is 1. The number of likely N-dealkylation sites (N-methyl/N-ethyl adjacent to an activating group) is 1. The van der Waals surface area contributed by atoms with E-state index in [1.165, 1.54) is 0 Å². The third-order valence-electron chi connectivity index (χ3n) is 2.72. The van der Waals surface area contributed by atoms with Crippen LogP contribution in [0.5, 0.6) is 0 Å². The van der Waals surface area contributed by atoms with E-state index in [2.05, 4.69) is 10.6 Å². The minimum absolute atomic E-state index is 0.0125. The van der Waals surface area contributed by atoms with Gasteiger partial charge in [0.25, 0.3) is 0 Å². The third-order valence-corrected chi connectivity index (χ3v) is 2.72. The topological polar surface area (TPSA) is 47.6 Å². The van der Waals surface area contributed by atoms with Crippen LogP contribution in [-0.2, 0) is 4.79 Å². The molecule has 0 unspecified atom stereocenters. The van der Waals surface area contributed by atoms with Gasteiger partial charge in [-0.05, 0) is 38.4 Å². The molecule has 0 fully saturated rings. The van der Waals surface area contributed by atoms with Gasteiger partial charge in [-0.2, -0.15) is 0 Å². The summed E-state index contributed by atoms with van der Waals surface area (Å²) in [4.78, 5) is 15.6. The van der Waals surface area contributed by atoms with Gasteiger partial charge in [-0.1, -0.05) is 0 Å². The van der Waals surface area contributed by atoms with Gasteiger partial charge in [0.05, 0.1) is 6.54 Å². The highest BCUT2D eigenvalue weighted by atomic mass is 16.1. The summed E-state index contributed by atoms with van der Waals surface area (Å²) in [5.74, 6) is 0.0125. The van der Waals surface area contributed by atoms with Crippen molar-refractivity contribution in [3.63, 3.8) is 0 Å². The average molecular weight is 264 g/mol. The van der Waals surface area contributed by atoms with Crippen LogP contribution in [0.2, 0.25) is 0 Å². The number of hydrogen-bond donors (Lipinski definition) is 2. The molecule has 1 aromatic carbocycles. The lowest BCUT2D eigenvalue weighted by Gasteiger charge is -2.14. The van der Waals surface area contributed by atoms with E-state index in [0.717, 1.165) is 17.9 Å². The molecule has 5 nitrogen and oxygen atoms in total. The normalized spacial score (nSPS) is 10.4. The Hall–Kier alpha value is -1.75. The summed E-state index contributed by atoms with van der Waals surface area (Å²) in [6.45, 7) is 1.82. The van der Waals surface area contributed by atoms with E-state index in [0.29, 0.717) is 13.1 Å². The molecule has 106 valence electrons. The first-order valence-electron chi connectivity index (χ1n) is 6.41. The summed E-state index contributed by atoms with van der Waals surface area (Å²) in [6.07, 6.45) is 0. The molecule has 0 bridgehead atoms. The lowest BCUT2D eigenvalue weighted by molar-refractivity contribution is -0.119. The van der Waals surface area contributed by atoms with Crippen molar-refractivity contribution in [2.75, 3.05) is 58.0 Å². The van der Waals surface area contributed by atoms with E-state index in [1.807, 2.05) is 62.3 Å². The maximum atomic E-state index is 11.6. The number of nitrogens with one attached hydrogen (secondary N) is 2.